The van der Waals surface area contributed by atoms with Crippen LogP contribution in [0.15, 0.2) is 0 Å². The largest absolute Gasteiger partial charge is 0.343 e. The molecule has 6 heteroatoms. The first-order valence-corrected chi connectivity index (χ1v) is 9.23. The van der Waals surface area contributed by atoms with Crippen LogP contribution in [0, 0.1) is 0 Å². The van der Waals surface area contributed by atoms with Crippen LogP contribution in [0.25, 0.3) is 0 Å². The molecule has 1 amide bonds. The lowest BCUT2D eigenvalue weighted by Crippen LogP contribution is -2.47. The second-order valence-electron chi connectivity index (χ2n) is 6.16. The summed E-state index contributed by atoms with van der Waals surface area (Å²) in [7, 11) is 6.21. The fourth-order valence-electron chi connectivity index (χ4n) is 2.69. The molecule has 0 aromatic carbocycles. The van der Waals surface area contributed by atoms with Gasteiger partial charge in [0.15, 0.2) is 0 Å². The third-order valence-corrected chi connectivity index (χ3v) is 5.07. The maximum absolute atomic E-state index is 12.1. The number of hydrogen-bond donors (Lipinski definition) is 1. The predicted molar refractivity (Wildman–Crippen MR) is 91.8 cm³/mol. The molecular weight excluding hydrogens is 284 g/mol. The Hall–Kier alpha value is -0.300. The van der Waals surface area contributed by atoms with Gasteiger partial charge in [0.2, 0.25) is 5.91 Å². The normalized spacial score (nSPS) is 19.0. The molecule has 0 spiro atoms. The lowest BCUT2D eigenvalue weighted by molar-refractivity contribution is -0.131. The summed E-state index contributed by atoms with van der Waals surface area (Å²) in [6, 6.07) is 0.297. The number of thioether (sulfide) groups is 1. The van der Waals surface area contributed by atoms with Crippen LogP contribution >= 0.6 is 11.8 Å². The first-order valence-electron chi connectivity index (χ1n) is 7.84. The first kappa shape index (κ1) is 18.7. The van der Waals surface area contributed by atoms with Gasteiger partial charge >= 0.3 is 0 Å². The molecule has 1 aliphatic heterocycles. The number of rotatable bonds is 8. The minimum absolute atomic E-state index is 0.0702. The van der Waals surface area contributed by atoms with Crippen LogP contribution in [0.1, 0.15) is 19.3 Å². The molecule has 21 heavy (non-hydrogen) atoms. The lowest BCUT2D eigenvalue weighted by Gasteiger charge is -2.36. The van der Waals surface area contributed by atoms with E-state index in [2.05, 4.69) is 23.9 Å². The zero-order valence-electron chi connectivity index (χ0n) is 14.0. The van der Waals surface area contributed by atoms with E-state index in [0.29, 0.717) is 6.04 Å². The van der Waals surface area contributed by atoms with Gasteiger partial charge in [0.05, 0.1) is 6.04 Å². The van der Waals surface area contributed by atoms with E-state index < -0.39 is 0 Å². The number of piperidine rings is 1. The van der Waals surface area contributed by atoms with Gasteiger partial charge in [0.25, 0.3) is 0 Å². The zero-order valence-corrected chi connectivity index (χ0v) is 14.9. The van der Waals surface area contributed by atoms with E-state index in [-0.39, 0.29) is 11.9 Å². The standard InChI is InChI=1S/C15H32N4OS/c1-17-8-5-13(6-9-17)18(2)10-11-19(3)15(20)14(16)7-12-21-4/h13-14H,5-12,16H2,1-4H3/t14-/m0/s1. The molecule has 5 nitrogen and oxygen atoms in total. The monoisotopic (exact) mass is 316 g/mol. The van der Waals surface area contributed by atoms with Gasteiger partial charge in [-0.1, -0.05) is 0 Å². The van der Waals surface area contributed by atoms with Crippen molar-refractivity contribution in [1.29, 1.82) is 0 Å². The van der Waals surface area contributed by atoms with Gasteiger partial charge in [0, 0.05) is 26.2 Å². The van der Waals surface area contributed by atoms with Crippen molar-refractivity contribution in [3.63, 3.8) is 0 Å². The molecule has 1 fully saturated rings. The smallest absolute Gasteiger partial charge is 0.239 e. The van der Waals surface area contributed by atoms with E-state index in [4.69, 9.17) is 5.73 Å². The lowest BCUT2D eigenvalue weighted by atomic mass is 10.0. The molecule has 0 radical (unpaired) electrons. The van der Waals surface area contributed by atoms with Gasteiger partial charge in [-0.2, -0.15) is 11.8 Å². The van der Waals surface area contributed by atoms with Crippen molar-refractivity contribution in [3.8, 4) is 0 Å². The third kappa shape index (κ3) is 6.55. The summed E-state index contributed by atoms with van der Waals surface area (Å²) >= 11 is 1.73. The minimum atomic E-state index is -0.351. The quantitative estimate of drug-likeness (QED) is 0.709. The molecule has 1 saturated heterocycles. The number of nitrogens with two attached hydrogens (primary N) is 1. The van der Waals surface area contributed by atoms with Crippen molar-refractivity contribution in [1.82, 2.24) is 14.7 Å². The molecule has 1 rings (SSSR count). The number of carbonyl (C=O) groups excluding carboxylic acids is 1. The summed E-state index contributed by atoms with van der Waals surface area (Å²) in [6.45, 7) is 4.02. The van der Waals surface area contributed by atoms with Crippen molar-refractivity contribution < 1.29 is 4.79 Å². The van der Waals surface area contributed by atoms with Crippen molar-refractivity contribution >= 4 is 17.7 Å². The summed E-state index contributed by atoms with van der Waals surface area (Å²) in [5, 5.41) is 0. The van der Waals surface area contributed by atoms with Crippen LogP contribution < -0.4 is 5.73 Å². The second-order valence-corrected chi connectivity index (χ2v) is 7.15. The summed E-state index contributed by atoms with van der Waals surface area (Å²) in [4.78, 5) is 18.7. The Morgan fingerprint density at radius 1 is 1.33 bits per heavy atom. The molecule has 0 saturated carbocycles. The molecule has 0 bridgehead atoms. The highest BCUT2D eigenvalue weighted by Gasteiger charge is 2.22. The summed E-state index contributed by atoms with van der Waals surface area (Å²) in [5.41, 5.74) is 5.94. The number of nitrogens with zero attached hydrogens (tertiary/aromatic N) is 3. The van der Waals surface area contributed by atoms with Crippen LogP contribution in [0.3, 0.4) is 0 Å². The van der Waals surface area contributed by atoms with Crippen LogP contribution in [0.2, 0.25) is 0 Å². The van der Waals surface area contributed by atoms with Gasteiger partial charge in [-0.15, -0.1) is 0 Å². The third-order valence-electron chi connectivity index (χ3n) is 4.43. The van der Waals surface area contributed by atoms with Crippen molar-refractivity contribution in [2.45, 2.75) is 31.3 Å². The van der Waals surface area contributed by atoms with Crippen molar-refractivity contribution in [2.24, 2.45) is 5.73 Å². The number of amides is 1. The second kappa shape index (κ2) is 9.66. The highest BCUT2D eigenvalue weighted by atomic mass is 32.2. The van der Waals surface area contributed by atoms with E-state index in [1.165, 1.54) is 25.9 Å². The molecular formula is C15H32N4OS. The van der Waals surface area contributed by atoms with Gasteiger partial charge in [-0.05, 0) is 58.5 Å². The SMILES string of the molecule is CSCC[C@H](N)C(=O)N(C)CCN(C)C1CCN(C)CC1. The predicted octanol–water partition coefficient (Wildman–Crippen LogP) is 0.551. The fraction of sp³-hybridized carbons (Fsp3) is 0.933. The molecule has 0 aromatic rings. The van der Waals surface area contributed by atoms with Gasteiger partial charge < -0.3 is 20.4 Å². The van der Waals surface area contributed by atoms with Crippen molar-refractivity contribution in [2.75, 3.05) is 59.3 Å². The highest BCUT2D eigenvalue weighted by Crippen LogP contribution is 2.13. The molecule has 0 unspecified atom stereocenters. The summed E-state index contributed by atoms with van der Waals surface area (Å²) in [6.07, 6.45) is 5.24. The number of carbonyl (C=O) groups is 1. The number of hydrogen-bond acceptors (Lipinski definition) is 5. The Balaban J connectivity index is 2.28. The van der Waals surface area contributed by atoms with Gasteiger partial charge in [-0.3, -0.25) is 4.79 Å². The molecule has 0 aliphatic carbocycles. The maximum atomic E-state index is 12.1. The van der Waals surface area contributed by atoms with Gasteiger partial charge in [0.1, 0.15) is 0 Å². The molecule has 1 heterocycles. The topological polar surface area (TPSA) is 52.8 Å². The molecule has 0 aromatic heterocycles. The Bertz CT molecular complexity index is 308. The highest BCUT2D eigenvalue weighted by molar-refractivity contribution is 7.98. The van der Waals surface area contributed by atoms with E-state index in [0.717, 1.165) is 25.3 Å². The number of likely N-dealkylation sites (tertiary alicyclic amines) is 1. The molecule has 2 N–H and O–H groups in total. The first-order chi connectivity index (χ1) is 9.95. The molecule has 1 aliphatic rings. The minimum Gasteiger partial charge on any atom is -0.343 e. The van der Waals surface area contributed by atoms with Crippen molar-refractivity contribution in [3.05, 3.63) is 0 Å². The fourth-order valence-corrected chi connectivity index (χ4v) is 3.18. The van der Waals surface area contributed by atoms with E-state index in [1.54, 1.807) is 16.7 Å². The number of likely N-dealkylation sites (N-methyl/N-ethyl adjacent to an activating group) is 2. The Morgan fingerprint density at radius 2 is 1.95 bits per heavy atom. The average molecular weight is 317 g/mol. The zero-order chi connectivity index (χ0) is 15.8. The molecule has 1 atom stereocenters. The van der Waals surface area contributed by atoms with E-state index in [1.807, 2.05) is 13.3 Å². The molecule has 124 valence electrons. The summed E-state index contributed by atoms with van der Waals surface area (Å²) in [5.74, 6) is 1.01. The van der Waals surface area contributed by atoms with E-state index >= 15 is 0 Å². The van der Waals surface area contributed by atoms with E-state index in [9.17, 15) is 4.79 Å². The Kier molecular flexibility index (Phi) is 8.63. The van der Waals surface area contributed by atoms with Crippen LogP contribution in [-0.2, 0) is 4.79 Å². The van der Waals surface area contributed by atoms with Crippen LogP contribution in [0.4, 0.5) is 0 Å². The Labute approximate surface area is 134 Å². The van der Waals surface area contributed by atoms with Crippen LogP contribution in [-0.4, -0.2) is 92.0 Å². The van der Waals surface area contributed by atoms with Gasteiger partial charge in [-0.25, -0.2) is 0 Å². The summed E-state index contributed by atoms with van der Waals surface area (Å²) < 4.78 is 0. The van der Waals surface area contributed by atoms with Crippen LogP contribution in [0.5, 0.6) is 0 Å². The Morgan fingerprint density at radius 3 is 2.52 bits per heavy atom. The maximum Gasteiger partial charge on any atom is 0.239 e. The average Bonchev–Trinajstić information content (AvgIpc) is 2.49.